The van der Waals surface area contributed by atoms with Gasteiger partial charge in [0, 0.05) is 83.1 Å². The highest BCUT2D eigenvalue weighted by atomic mass is 16.6. The molecule has 1 atom stereocenters. The molecule has 2 aromatic rings. The van der Waals surface area contributed by atoms with Crippen molar-refractivity contribution < 1.29 is 28.6 Å². The van der Waals surface area contributed by atoms with Crippen LogP contribution in [-0.4, -0.2) is 128 Å². The van der Waals surface area contributed by atoms with E-state index in [0.717, 1.165) is 73.6 Å². The molecule has 5 heterocycles. The van der Waals surface area contributed by atoms with Gasteiger partial charge in [-0.25, -0.2) is 9.59 Å². The van der Waals surface area contributed by atoms with E-state index < -0.39 is 12.2 Å². The van der Waals surface area contributed by atoms with Crippen LogP contribution < -0.4 is 20.1 Å². The number of hydrogen-bond donors (Lipinski definition) is 2. The van der Waals surface area contributed by atoms with Crippen molar-refractivity contribution in [3.8, 4) is 11.5 Å². The molecule has 12 heteroatoms. The van der Waals surface area contributed by atoms with E-state index in [4.69, 9.17) is 14.2 Å². The predicted molar refractivity (Wildman–Crippen MR) is 181 cm³/mol. The summed E-state index contributed by atoms with van der Waals surface area (Å²) in [5.41, 5.74) is 3.79. The molecule has 4 amide bonds. The third-order valence-electron chi connectivity index (χ3n) is 10.6. The second-order valence-corrected chi connectivity index (χ2v) is 13.6. The first-order chi connectivity index (χ1) is 23.4. The quantitative estimate of drug-likeness (QED) is 0.486. The Morgan fingerprint density at radius 2 is 1.60 bits per heavy atom. The minimum Gasteiger partial charge on any atom is -0.486 e. The van der Waals surface area contributed by atoms with Crippen molar-refractivity contribution in [2.75, 3.05) is 77.4 Å². The standard InChI is InChI=1S/C36H48N6O6/c1-25-22-26(23-31-33(25)47-21-20-46-31)24-32(34(43)40-13-7-28(8-14-40)39-18-11-37-12-19-39)48-36(45)41-15-9-29(10-16-41)42-17-6-27-4-2-3-5-30(27)38-35(42)44/h2-5,22-23,28-29,32,37H,6-21,24H2,1H3,(H,38,44). The zero-order chi connectivity index (χ0) is 33.0. The summed E-state index contributed by atoms with van der Waals surface area (Å²) >= 11 is 0. The molecule has 0 saturated carbocycles. The van der Waals surface area contributed by atoms with Gasteiger partial charge in [0.2, 0.25) is 0 Å². The normalized spacial score (nSPS) is 21.6. The maximum absolute atomic E-state index is 14.1. The third-order valence-corrected chi connectivity index (χ3v) is 10.6. The van der Waals surface area contributed by atoms with Crippen LogP contribution in [0.15, 0.2) is 36.4 Å². The van der Waals surface area contributed by atoms with Gasteiger partial charge in [-0.3, -0.25) is 9.69 Å². The summed E-state index contributed by atoms with van der Waals surface area (Å²) in [6.07, 6.45) is 2.73. The van der Waals surface area contributed by atoms with E-state index in [1.54, 1.807) is 4.90 Å². The molecule has 0 aliphatic carbocycles. The molecule has 7 rings (SSSR count). The Morgan fingerprint density at radius 3 is 2.40 bits per heavy atom. The third kappa shape index (κ3) is 7.19. The fourth-order valence-corrected chi connectivity index (χ4v) is 7.91. The van der Waals surface area contributed by atoms with Crippen LogP contribution in [0, 0.1) is 6.92 Å². The molecule has 48 heavy (non-hydrogen) atoms. The number of likely N-dealkylation sites (tertiary alicyclic amines) is 2. The molecule has 3 fully saturated rings. The molecule has 0 bridgehead atoms. The Kier molecular flexibility index (Phi) is 9.90. The van der Waals surface area contributed by atoms with Crippen LogP contribution in [0.3, 0.4) is 0 Å². The van der Waals surface area contributed by atoms with Crippen molar-refractivity contribution in [3.05, 3.63) is 53.1 Å². The van der Waals surface area contributed by atoms with E-state index in [0.29, 0.717) is 70.6 Å². The highest BCUT2D eigenvalue weighted by molar-refractivity contribution is 5.91. The molecule has 2 aromatic carbocycles. The predicted octanol–water partition coefficient (Wildman–Crippen LogP) is 3.26. The minimum absolute atomic E-state index is 0.0264. The number of aryl methyl sites for hydroxylation is 1. The summed E-state index contributed by atoms with van der Waals surface area (Å²) in [6.45, 7) is 9.86. The number of urea groups is 1. The van der Waals surface area contributed by atoms with Gasteiger partial charge in [-0.2, -0.15) is 0 Å². The number of rotatable bonds is 6. The van der Waals surface area contributed by atoms with E-state index in [9.17, 15) is 14.4 Å². The van der Waals surface area contributed by atoms with Crippen molar-refractivity contribution in [1.29, 1.82) is 0 Å². The number of piperidine rings is 2. The Hall–Kier alpha value is -4.03. The highest BCUT2D eigenvalue weighted by Crippen LogP contribution is 2.35. The van der Waals surface area contributed by atoms with E-state index in [-0.39, 0.29) is 24.4 Å². The molecule has 1 unspecified atom stereocenters. The zero-order valence-corrected chi connectivity index (χ0v) is 28.0. The first-order valence-electron chi connectivity index (χ1n) is 17.7. The average Bonchev–Trinajstić information content (AvgIpc) is 3.29. The first kappa shape index (κ1) is 32.5. The van der Waals surface area contributed by atoms with Crippen LogP contribution in [0.25, 0.3) is 0 Å². The lowest BCUT2D eigenvalue weighted by atomic mass is 9.99. The van der Waals surface area contributed by atoms with E-state index in [1.807, 2.05) is 47.1 Å². The lowest BCUT2D eigenvalue weighted by molar-refractivity contribution is -0.142. The number of carbonyl (C=O) groups is 3. The van der Waals surface area contributed by atoms with Crippen LogP contribution in [0.4, 0.5) is 15.3 Å². The van der Waals surface area contributed by atoms with E-state index >= 15 is 0 Å². The molecule has 12 nitrogen and oxygen atoms in total. The SMILES string of the molecule is Cc1cc(CC(OC(=O)N2CCC(N3CCc4ccccc4NC3=O)CC2)C(=O)N2CCC(N3CCNCC3)CC2)cc2c1OCCO2. The van der Waals surface area contributed by atoms with Crippen LogP contribution in [0.5, 0.6) is 11.5 Å². The topological polar surface area (TPSA) is 116 Å². The van der Waals surface area contributed by atoms with E-state index in [1.165, 1.54) is 0 Å². The van der Waals surface area contributed by atoms with Crippen molar-refractivity contribution in [2.45, 2.75) is 63.6 Å². The Morgan fingerprint density at radius 1 is 0.896 bits per heavy atom. The number of nitrogens with one attached hydrogen (secondary N) is 2. The molecule has 2 N–H and O–H groups in total. The Labute approximate surface area is 282 Å². The van der Waals surface area contributed by atoms with Gasteiger partial charge in [0.25, 0.3) is 5.91 Å². The maximum atomic E-state index is 14.1. The molecule has 5 aliphatic rings. The lowest BCUT2D eigenvalue weighted by Gasteiger charge is -2.41. The zero-order valence-electron chi connectivity index (χ0n) is 28.0. The molecular formula is C36H48N6O6. The summed E-state index contributed by atoms with van der Waals surface area (Å²) in [6, 6.07) is 12.2. The van der Waals surface area contributed by atoms with Gasteiger partial charge in [0.15, 0.2) is 17.6 Å². The number of para-hydroxylation sites is 1. The maximum Gasteiger partial charge on any atom is 0.410 e. The summed E-state index contributed by atoms with van der Waals surface area (Å²) in [7, 11) is 0. The van der Waals surface area contributed by atoms with Crippen molar-refractivity contribution >= 4 is 23.7 Å². The molecule has 258 valence electrons. The second kappa shape index (κ2) is 14.6. The largest absolute Gasteiger partial charge is 0.486 e. The van der Waals surface area contributed by atoms with E-state index in [2.05, 4.69) is 21.6 Å². The van der Waals surface area contributed by atoms with Gasteiger partial charge < -0.3 is 39.5 Å². The molecular weight excluding hydrogens is 612 g/mol. The summed E-state index contributed by atoms with van der Waals surface area (Å²) in [5.74, 6) is 1.24. The van der Waals surface area contributed by atoms with Crippen LogP contribution in [0.1, 0.15) is 42.4 Å². The smallest absolute Gasteiger partial charge is 0.410 e. The van der Waals surface area contributed by atoms with Gasteiger partial charge in [-0.05, 0) is 67.9 Å². The fourth-order valence-electron chi connectivity index (χ4n) is 7.91. The van der Waals surface area contributed by atoms with Crippen molar-refractivity contribution in [3.63, 3.8) is 0 Å². The number of fused-ring (bicyclic) bond motifs is 2. The number of nitrogens with zero attached hydrogens (tertiary/aromatic N) is 4. The number of carbonyl (C=O) groups excluding carboxylic acids is 3. The monoisotopic (exact) mass is 660 g/mol. The summed E-state index contributed by atoms with van der Waals surface area (Å²) in [4.78, 5) is 48.9. The number of benzene rings is 2. The first-order valence-corrected chi connectivity index (χ1v) is 17.7. The Balaban J connectivity index is 1.00. The second-order valence-electron chi connectivity index (χ2n) is 13.6. The molecule has 0 radical (unpaired) electrons. The summed E-state index contributed by atoms with van der Waals surface area (Å²) in [5, 5.41) is 6.48. The molecule has 0 aromatic heterocycles. The van der Waals surface area contributed by atoms with Crippen LogP contribution in [0.2, 0.25) is 0 Å². The van der Waals surface area contributed by atoms with Gasteiger partial charge in [-0.1, -0.05) is 24.3 Å². The van der Waals surface area contributed by atoms with Gasteiger partial charge >= 0.3 is 12.1 Å². The molecule has 5 aliphatic heterocycles. The van der Waals surface area contributed by atoms with Crippen LogP contribution in [-0.2, 0) is 22.4 Å². The van der Waals surface area contributed by atoms with Crippen molar-refractivity contribution in [1.82, 2.24) is 24.9 Å². The number of hydrogen-bond acceptors (Lipinski definition) is 8. The lowest BCUT2D eigenvalue weighted by Crippen LogP contribution is -2.54. The van der Waals surface area contributed by atoms with Crippen molar-refractivity contribution in [2.24, 2.45) is 0 Å². The number of anilines is 1. The highest BCUT2D eigenvalue weighted by Gasteiger charge is 2.36. The summed E-state index contributed by atoms with van der Waals surface area (Å²) < 4.78 is 17.8. The van der Waals surface area contributed by atoms with Gasteiger partial charge in [0.05, 0.1) is 0 Å². The van der Waals surface area contributed by atoms with Crippen LogP contribution >= 0.6 is 0 Å². The molecule has 0 spiro atoms. The fraction of sp³-hybridized carbons (Fsp3) is 0.583. The minimum atomic E-state index is -0.956. The van der Waals surface area contributed by atoms with Gasteiger partial charge in [0.1, 0.15) is 13.2 Å². The van der Waals surface area contributed by atoms with Gasteiger partial charge in [-0.15, -0.1) is 0 Å². The number of piperazine rings is 1. The molecule has 3 saturated heterocycles. The number of ether oxygens (including phenoxy) is 3. The Bertz CT molecular complexity index is 1480. The number of amides is 4. The average molecular weight is 661 g/mol.